The van der Waals surface area contributed by atoms with Gasteiger partial charge in [-0.2, -0.15) is 0 Å². The van der Waals surface area contributed by atoms with Crippen molar-refractivity contribution in [3.8, 4) is 0 Å². The minimum atomic E-state index is -0.585. The van der Waals surface area contributed by atoms with Crippen LogP contribution in [-0.4, -0.2) is 46.7 Å². The molecular weight excluding hydrogens is 574 g/mol. The van der Waals surface area contributed by atoms with Gasteiger partial charge in [-0.25, -0.2) is 29.1 Å². The molecule has 0 fully saturated rings. The van der Waals surface area contributed by atoms with Crippen molar-refractivity contribution in [3.63, 3.8) is 0 Å². The molecule has 9 nitrogen and oxygen atoms in total. The summed E-state index contributed by atoms with van der Waals surface area (Å²) in [6.45, 7) is 35.9. The average Bonchev–Trinajstić information content (AvgIpc) is 2.85. The molecule has 1 aromatic carbocycles. The summed E-state index contributed by atoms with van der Waals surface area (Å²) >= 11 is 0. The number of nitrogens with one attached hydrogen (secondary N) is 1. The highest BCUT2D eigenvalue weighted by Crippen LogP contribution is 2.26. The fourth-order valence-electron chi connectivity index (χ4n) is 3.97. The zero-order valence-electron chi connectivity index (χ0n) is 30.6. The van der Waals surface area contributed by atoms with E-state index in [1.807, 2.05) is 128 Å². The van der Waals surface area contributed by atoms with E-state index in [0.717, 1.165) is 22.8 Å². The average molecular weight is 636 g/mol. The van der Waals surface area contributed by atoms with Crippen LogP contribution in [-0.2, 0) is 39.4 Å². The van der Waals surface area contributed by atoms with Gasteiger partial charge in [-0.3, -0.25) is 0 Å². The molecule has 0 radical (unpaired) electrons. The second-order valence-corrected chi connectivity index (χ2v) is 15.3. The first kappa shape index (κ1) is 42.3. The van der Waals surface area contributed by atoms with Crippen molar-refractivity contribution >= 4 is 17.6 Å². The number of benzene rings is 1. The molecule has 0 saturated carbocycles. The van der Waals surface area contributed by atoms with Gasteiger partial charge in [0.15, 0.2) is 0 Å². The van der Waals surface area contributed by atoms with Gasteiger partial charge in [-0.1, -0.05) is 36.9 Å². The summed E-state index contributed by atoms with van der Waals surface area (Å²) in [5, 5.41) is 2.95. The number of carbonyl (C=O) groups is 2. The van der Waals surface area contributed by atoms with Gasteiger partial charge in [0.25, 0.3) is 0 Å². The predicted octanol–water partition coefficient (Wildman–Crippen LogP) is 9.00. The lowest BCUT2D eigenvalue weighted by atomic mass is 9.92. The molecule has 0 spiro atoms. The highest BCUT2D eigenvalue weighted by atomic mass is 17.2. The summed E-state index contributed by atoms with van der Waals surface area (Å²) in [5.74, 6) is -0.426. The zero-order chi connectivity index (χ0) is 35.4. The molecule has 2 atom stereocenters. The van der Waals surface area contributed by atoms with Crippen molar-refractivity contribution in [1.29, 1.82) is 0 Å². The third kappa shape index (κ3) is 20.1. The third-order valence-electron chi connectivity index (χ3n) is 5.88. The van der Waals surface area contributed by atoms with Gasteiger partial charge in [-0.15, -0.1) is 0 Å². The van der Waals surface area contributed by atoms with Crippen molar-refractivity contribution < 1.29 is 38.6 Å². The standard InChI is InChI=1S/C23H37NO4.C13H24O4/c1-16(2)18-12-11-13-19(14-18)23(9,10)24-20(25)26-17(3)15-22(7,8)28-27-21(4,5)6;1-8-11(14)15-10(2)9-13(6,7)17-16-12(3,4)5/h11-14,17H,1,15H2,2-10H3,(H,24,25);8,10H,1,9H2,2-7H3. The van der Waals surface area contributed by atoms with Gasteiger partial charge in [0.1, 0.15) is 23.4 Å². The second kappa shape index (κ2) is 17.3. The molecule has 45 heavy (non-hydrogen) atoms. The zero-order valence-corrected chi connectivity index (χ0v) is 30.6. The molecule has 0 aliphatic carbocycles. The second-order valence-electron chi connectivity index (χ2n) is 15.3. The van der Waals surface area contributed by atoms with E-state index in [4.69, 9.17) is 29.0 Å². The molecule has 9 heteroatoms. The Bertz CT molecular complexity index is 1110. The van der Waals surface area contributed by atoms with Gasteiger partial charge >= 0.3 is 12.1 Å². The molecule has 258 valence electrons. The van der Waals surface area contributed by atoms with Crippen LogP contribution in [0.2, 0.25) is 0 Å². The van der Waals surface area contributed by atoms with Gasteiger partial charge < -0.3 is 14.8 Å². The Kier molecular flexibility index (Phi) is 16.2. The van der Waals surface area contributed by atoms with Gasteiger partial charge in [-0.05, 0) is 121 Å². The van der Waals surface area contributed by atoms with Crippen LogP contribution in [0, 0.1) is 0 Å². The van der Waals surface area contributed by atoms with Crippen LogP contribution in [0.5, 0.6) is 0 Å². The number of alkyl carbamates (subject to hydrolysis) is 1. The lowest BCUT2D eigenvalue weighted by molar-refractivity contribution is -0.399. The molecule has 1 rings (SSSR count). The first-order valence-electron chi connectivity index (χ1n) is 15.5. The lowest BCUT2D eigenvalue weighted by Gasteiger charge is -2.31. The van der Waals surface area contributed by atoms with E-state index < -0.39 is 34.4 Å². The van der Waals surface area contributed by atoms with Gasteiger partial charge in [0.05, 0.1) is 16.7 Å². The molecule has 1 N–H and O–H groups in total. The van der Waals surface area contributed by atoms with Crippen molar-refractivity contribution in [2.45, 2.75) is 157 Å². The number of esters is 1. The Hall–Kier alpha value is -2.72. The monoisotopic (exact) mass is 635 g/mol. The molecule has 0 aliphatic heterocycles. The fourth-order valence-corrected chi connectivity index (χ4v) is 3.97. The summed E-state index contributed by atoms with van der Waals surface area (Å²) in [6, 6.07) is 7.99. The maximum Gasteiger partial charge on any atom is 0.408 e. The number of allylic oxidation sites excluding steroid dienone is 1. The minimum Gasteiger partial charge on any atom is -0.459 e. The van der Waals surface area contributed by atoms with Crippen LogP contribution in [0.4, 0.5) is 4.79 Å². The molecule has 0 heterocycles. The van der Waals surface area contributed by atoms with Crippen LogP contribution in [0.1, 0.15) is 128 Å². The van der Waals surface area contributed by atoms with E-state index in [9.17, 15) is 9.59 Å². The molecule has 0 aromatic heterocycles. The van der Waals surface area contributed by atoms with E-state index in [1.54, 1.807) is 0 Å². The van der Waals surface area contributed by atoms with Crippen LogP contribution in [0.25, 0.3) is 5.57 Å². The Morgan fingerprint density at radius 3 is 1.62 bits per heavy atom. The molecule has 2 unspecified atom stereocenters. The van der Waals surface area contributed by atoms with Crippen LogP contribution in [0.3, 0.4) is 0 Å². The fraction of sp³-hybridized carbons (Fsp3) is 0.667. The number of hydrogen-bond donors (Lipinski definition) is 1. The maximum atomic E-state index is 12.4. The van der Waals surface area contributed by atoms with E-state index in [1.165, 1.54) is 0 Å². The SMILES string of the molecule is C=C(C)c1cccc(C(C)(C)NC(=O)OC(C)CC(C)(C)OOC(C)(C)C)c1.C=CC(=O)OC(C)CC(C)(C)OOC(C)(C)C. The Morgan fingerprint density at radius 1 is 0.778 bits per heavy atom. The van der Waals surface area contributed by atoms with Crippen LogP contribution >= 0.6 is 0 Å². The molecular formula is C36H61NO8. The van der Waals surface area contributed by atoms with Gasteiger partial charge in [0.2, 0.25) is 0 Å². The van der Waals surface area contributed by atoms with Crippen molar-refractivity contribution in [2.24, 2.45) is 0 Å². The van der Waals surface area contributed by atoms with Crippen LogP contribution < -0.4 is 5.32 Å². The lowest BCUT2D eigenvalue weighted by Crippen LogP contribution is -2.43. The normalized spacial score (nSPS) is 13.9. The van der Waals surface area contributed by atoms with Crippen LogP contribution in [0.15, 0.2) is 43.5 Å². The molecule has 0 bridgehead atoms. The smallest absolute Gasteiger partial charge is 0.408 e. The van der Waals surface area contributed by atoms with Crippen molar-refractivity contribution in [3.05, 3.63) is 54.6 Å². The Morgan fingerprint density at radius 2 is 1.22 bits per heavy atom. The number of ether oxygens (including phenoxy) is 2. The maximum absolute atomic E-state index is 12.4. The first-order chi connectivity index (χ1) is 20.2. The third-order valence-corrected chi connectivity index (χ3v) is 5.88. The molecule has 0 aliphatic rings. The topological polar surface area (TPSA) is 102 Å². The quantitative estimate of drug-likeness (QED) is 0.0935. The first-order valence-corrected chi connectivity index (χ1v) is 15.5. The van der Waals surface area contributed by atoms with Gasteiger partial charge in [0, 0.05) is 18.9 Å². The molecule has 0 saturated heterocycles. The van der Waals surface area contributed by atoms with E-state index >= 15 is 0 Å². The number of hydrogen-bond acceptors (Lipinski definition) is 8. The minimum absolute atomic E-state index is 0.251. The van der Waals surface area contributed by atoms with Crippen molar-refractivity contribution in [2.75, 3.05) is 0 Å². The number of carbonyl (C=O) groups excluding carboxylic acids is 2. The van der Waals surface area contributed by atoms with E-state index in [2.05, 4.69) is 18.5 Å². The van der Waals surface area contributed by atoms with E-state index in [-0.39, 0.29) is 17.8 Å². The predicted molar refractivity (Wildman–Crippen MR) is 180 cm³/mol. The summed E-state index contributed by atoms with van der Waals surface area (Å²) in [5.41, 5.74) is 0.565. The Labute approximate surface area is 272 Å². The summed E-state index contributed by atoms with van der Waals surface area (Å²) < 4.78 is 10.6. The Balaban J connectivity index is 0.000000976. The number of amides is 1. The summed E-state index contributed by atoms with van der Waals surface area (Å²) in [7, 11) is 0. The van der Waals surface area contributed by atoms with E-state index in [0.29, 0.717) is 12.8 Å². The summed E-state index contributed by atoms with van der Waals surface area (Å²) in [4.78, 5) is 45.0. The van der Waals surface area contributed by atoms with Crippen molar-refractivity contribution in [1.82, 2.24) is 5.32 Å². The highest BCUT2D eigenvalue weighted by Gasteiger charge is 2.30. The summed E-state index contributed by atoms with van der Waals surface area (Å²) in [6.07, 6.45) is 1.14. The molecule has 1 aromatic rings. The largest absolute Gasteiger partial charge is 0.459 e. The molecule has 1 amide bonds. The highest BCUT2D eigenvalue weighted by molar-refractivity contribution is 5.81. The number of rotatable bonds is 14.